The maximum absolute atomic E-state index is 12.0. The molecule has 0 radical (unpaired) electrons. The van der Waals surface area contributed by atoms with Gasteiger partial charge in [-0.1, -0.05) is 13.8 Å². The molecule has 0 spiro atoms. The summed E-state index contributed by atoms with van der Waals surface area (Å²) in [6.07, 6.45) is 0. The molecule has 0 saturated carbocycles. The maximum atomic E-state index is 12.0. The molecule has 3 N–H and O–H groups in total. The van der Waals surface area contributed by atoms with E-state index in [1.807, 2.05) is 18.2 Å². The van der Waals surface area contributed by atoms with Gasteiger partial charge in [0.1, 0.15) is 10.6 Å². The molecule has 0 amide bonds. The van der Waals surface area contributed by atoms with Gasteiger partial charge in [-0.2, -0.15) is 0 Å². The Balaban J connectivity index is 2.44. The van der Waals surface area contributed by atoms with Crippen molar-refractivity contribution >= 4 is 33.1 Å². The Morgan fingerprint density at radius 1 is 1.36 bits per heavy atom. The number of hydrogen-bond donors (Lipinski definition) is 2. The lowest BCUT2D eigenvalue weighted by Gasteiger charge is -2.17. The Labute approximate surface area is 134 Å². The molecular weight excluding hydrogens is 300 g/mol. The lowest BCUT2D eigenvalue weighted by Crippen LogP contribution is -2.34. The number of thiophene rings is 1. The third-order valence-corrected chi connectivity index (χ3v) is 4.79. The number of methoxy groups -OCH3 is 2. The summed E-state index contributed by atoms with van der Waals surface area (Å²) in [5, 5.41) is 4.26. The van der Waals surface area contributed by atoms with Crippen LogP contribution in [0.3, 0.4) is 0 Å². The normalized spacial score (nSPS) is 12.5. The number of carbonyl (C=O) groups is 1. The Bertz CT molecular complexity index is 667. The van der Waals surface area contributed by atoms with Gasteiger partial charge in [0.25, 0.3) is 0 Å². The highest BCUT2D eigenvalue weighted by Crippen LogP contribution is 2.38. The number of rotatable bonds is 6. The predicted molar refractivity (Wildman–Crippen MR) is 91.0 cm³/mol. The average molecular weight is 322 g/mol. The second-order valence-electron chi connectivity index (χ2n) is 5.45. The predicted octanol–water partition coefficient (Wildman–Crippen LogP) is 3.09. The summed E-state index contributed by atoms with van der Waals surface area (Å²) in [6.45, 7) is 4.73. The van der Waals surface area contributed by atoms with Crippen LogP contribution in [0.2, 0.25) is 0 Å². The number of nitrogens with one attached hydrogen (secondary N) is 1. The summed E-state index contributed by atoms with van der Waals surface area (Å²) in [6, 6.07) is 5.75. The van der Waals surface area contributed by atoms with Gasteiger partial charge >= 0.3 is 5.97 Å². The number of benzene rings is 1. The van der Waals surface area contributed by atoms with Crippen molar-refractivity contribution in [3.05, 3.63) is 23.1 Å². The van der Waals surface area contributed by atoms with Gasteiger partial charge < -0.3 is 20.5 Å². The van der Waals surface area contributed by atoms with E-state index in [4.69, 9.17) is 15.2 Å². The maximum Gasteiger partial charge on any atom is 0.350 e. The van der Waals surface area contributed by atoms with Crippen LogP contribution in [-0.4, -0.2) is 32.8 Å². The van der Waals surface area contributed by atoms with Gasteiger partial charge in [0.2, 0.25) is 0 Å². The van der Waals surface area contributed by atoms with Gasteiger partial charge in [-0.15, -0.1) is 11.3 Å². The third-order valence-electron chi connectivity index (χ3n) is 3.64. The molecule has 1 aromatic carbocycles. The Morgan fingerprint density at radius 3 is 2.68 bits per heavy atom. The zero-order chi connectivity index (χ0) is 16.3. The number of ether oxygens (including phenoxy) is 2. The molecule has 2 rings (SSSR count). The monoisotopic (exact) mass is 322 g/mol. The first-order valence-electron chi connectivity index (χ1n) is 7.16. The van der Waals surface area contributed by atoms with E-state index in [0.717, 1.165) is 21.5 Å². The first-order valence-corrected chi connectivity index (χ1v) is 7.97. The lowest BCUT2D eigenvalue weighted by molar-refractivity contribution is 0.0607. The van der Waals surface area contributed by atoms with E-state index in [1.165, 1.54) is 18.4 Å². The molecule has 6 heteroatoms. The fraction of sp³-hybridized carbons (Fsp3) is 0.438. The van der Waals surface area contributed by atoms with Crippen molar-refractivity contribution < 1.29 is 14.3 Å². The van der Waals surface area contributed by atoms with Gasteiger partial charge in [0.15, 0.2) is 0 Å². The van der Waals surface area contributed by atoms with Crippen LogP contribution in [-0.2, 0) is 4.74 Å². The van der Waals surface area contributed by atoms with Gasteiger partial charge in [0, 0.05) is 22.7 Å². The number of esters is 1. The summed E-state index contributed by atoms with van der Waals surface area (Å²) in [4.78, 5) is 12.6. The van der Waals surface area contributed by atoms with E-state index in [1.54, 1.807) is 7.11 Å². The highest BCUT2D eigenvalue weighted by atomic mass is 32.1. The van der Waals surface area contributed by atoms with Crippen LogP contribution >= 0.6 is 11.3 Å². The third kappa shape index (κ3) is 3.34. The van der Waals surface area contributed by atoms with Crippen LogP contribution in [0.4, 0.5) is 5.69 Å². The molecule has 0 aliphatic carbocycles. The standard InChI is InChI=1S/C16H22N2O3S/c1-9(2)12(17)8-18-14-11-7-10(20-3)5-6-13(11)22-15(14)16(19)21-4/h5-7,9,12,18H,8,17H2,1-4H3/t12-/m0/s1. The second-order valence-corrected chi connectivity index (χ2v) is 6.50. The number of carbonyl (C=O) groups excluding carboxylic acids is 1. The van der Waals surface area contributed by atoms with Crippen LogP contribution in [0.25, 0.3) is 10.1 Å². The van der Waals surface area contributed by atoms with Crippen molar-refractivity contribution in [2.75, 3.05) is 26.1 Å². The zero-order valence-corrected chi connectivity index (χ0v) is 14.1. The fourth-order valence-electron chi connectivity index (χ4n) is 2.07. The minimum absolute atomic E-state index is 0.00561. The largest absolute Gasteiger partial charge is 0.497 e. The molecule has 1 aromatic heterocycles. The molecule has 0 aliphatic heterocycles. The van der Waals surface area contributed by atoms with Crippen LogP contribution < -0.4 is 15.8 Å². The fourth-order valence-corrected chi connectivity index (χ4v) is 3.15. The van der Waals surface area contributed by atoms with Crippen molar-refractivity contribution in [3.8, 4) is 5.75 Å². The van der Waals surface area contributed by atoms with E-state index in [2.05, 4.69) is 19.2 Å². The van der Waals surface area contributed by atoms with Crippen LogP contribution in [0, 0.1) is 5.92 Å². The molecule has 1 atom stereocenters. The van der Waals surface area contributed by atoms with Crippen LogP contribution in [0.5, 0.6) is 5.75 Å². The quantitative estimate of drug-likeness (QED) is 0.800. The first-order chi connectivity index (χ1) is 10.5. The highest BCUT2D eigenvalue weighted by Gasteiger charge is 2.20. The van der Waals surface area contributed by atoms with Crippen molar-refractivity contribution in [1.29, 1.82) is 0 Å². The molecule has 0 unspecified atom stereocenters. The lowest BCUT2D eigenvalue weighted by atomic mass is 10.1. The van der Waals surface area contributed by atoms with Crippen molar-refractivity contribution in [2.45, 2.75) is 19.9 Å². The van der Waals surface area contributed by atoms with Crippen molar-refractivity contribution in [2.24, 2.45) is 11.7 Å². The molecule has 5 nitrogen and oxygen atoms in total. The van der Waals surface area contributed by atoms with Gasteiger partial charge in [-0.3, -0.25) is 0 Å². The number of fused-ring (bicyclic) bond motifs is 1. The number of nitrogens with two attached hydrogens (primary N) is 1. The number of anilines is 1. The Morgan fingerprint density at radius 2 is 2.09 bits per heavy atom. The zero-order valence-electron chi connectivity index (χ0n) is 13.3. The SMILES string of the molecule is COC(=O)c1sc2ccc(OC)cc2c1NC[C@H](N)C(C)C. The van der Waals surface area contributed by atoms with Gasteiger partial charge in [0.05, 0.1) is 19.9 Å². The van der Waals surface area contributed by atoms with Gasteiger partial charge in [-0.25, -0.2) is 4.79 Å². The minimum atomic E-state index is -0.346. The summed E-state index contributed by atoms with van der Waals surface area (Å²) >= 11 is 1.40. The summed E-state index contributed by atoms with van der Waals surface area (Å²) in [5.74, 6) is 0.757. The molecule has 22 heavy (non-hydrogen) atoms. The molecule has 120 valence electrons. The Hall–Kier alpha value is -1.79. The number of hydrogen-bond acceptors (Lipinski definition) is 6. The average Bonchev–Trinajstić information content (AvgIpc) is 2.89. The first kappa shape index (κ1) is 16.6. The molecule has 0 fully saturated rings. The summed E-state index contributed by atoms with van der Waals surface area (Å²) in [5.41, 5.74) is 6.86. The van der Waals surface area contributed by atoms with Crippen molar-refractivity contribution in [1.82, 2.24) is 0 Å². The molecular formula is C16H22N2O3S. The molecule has 0 bridgehead atoms. The van der Waals surface area contributed by atoms with Crippen LogP contribution in [0.1, 0.15) is 23.5 Å². The van der Waals surface area contributed by atoms with E-state index < -0.39 is 0 Å². The van der Waals surface area contributed by atoms with Crippen LogP contribution in [0.15, 0.2) is 18.2 Å². The molecule has 0 aliphatic rings. The summed E-state index contributed by atoms with van der Waals surface area (Å²) in [7, 11) is 3.01. The molecule has 2 aromatic rings. The Kier molecular flexibility index (Phi) is 5.26. The smallest absolute Gasteiger partial charge is 0.350 e. The van der Waals surface area contributed by atoms with E-state index in [9.17, 15) is 4.79 Å². The highest BCUT2D eigenvalue weighted by molar-refractivity contribution is 7.21. The van der Waals surface area contributed by atoms with E-state index in [-0.39, 0.29) is 12.0 Å². The van der Waals surface area contributed by atoms with E-state index >= 15 is 0 Å². The molecule has 0 saturated heterocycles. The minimum Gasteiger partial charge on any atom is -0.497 e. The van der Waals surface area contributed by atoms with Gasteiger partial charge in [-0.05, 0) is 24.1 Å². The topological polar surface area (TPSA) is 73.6 Å². The molecule has 1 heterocycles. The van der Waals surface area contributed by atoms with Crippen molar-refractivity contribution in [3.63, 3.8) is 0 Å². The van der Waals surface area contributed by atoms with E-state index in [0.29, 0.717) is 17.3 Å². The second kappa shape index (κ2) is 6.98. The summed E-state index contributed by atoms with van der Waals surface area (Å²) < 4.78 is 11.2.